The fourth-order valence-electron chi connectivity index (χ4n) is 3.40. The van der Waals surface area contributed by atoms with Crippen LogP contribution in [0.5, 0.6) is 0 Å². The van der Waals surface area contributed by atoms with Crippen LogP contribution >= 0.6 is 0 Å². The number of nitrogens with one attached hydrogen (secondary N) is 1. The largest absolute Gasteiger partial charge is 0.338 e. The molecule has 2 aliphatic rings. The third-order valence-electron chi connectivity index (χ3n) is 4.76. The maximum atomic E-state index is 5.53. The monoisotopic (exact) mass is 269 g/mol. The van der Waals surface area contributed by atoms with Gasteiger partial charge in [-0.05, 0) is 37.8 Å². The van der Waals surface area contributed by atoms with Crippen LogP contribution in [0.3, 0.4) is 0 Å². The summed E-state index contributed by atoms with van der Waals surface area (Å²) in [5, 5.41) is 7.72. The lowest BCUT2D eigenvalue weighted by Crippen LogP contribution is -2.36. The van der Waals surface area contributed by atoms with Crippen LogP contribution in [0.1, 0.15) is 55.4 Å². The molecule has 0 radical (unpaired) electrons. The van der Waals surface area contributed by atoms with Crippen LogP contribution in [0.25, 0.3) is 0 Å². The van der Waals surface area contributed by atoms with Gasteiger partial charge in [-0.3, -0.25) is 0 Å². The lowest BCUT2D eigenvalue weighted by atomic mass is 9.64. The van der Waals surface area contributed by atoms with E-state index in [4.69, 9.17) is 9.51 Å². The van der Waals surface area contributed by atoms with Crippen LogP contribution in [0.4, 0.5) is 0 Å². The van der Waals surface area contributed by atoms with Crippen LogP contribution in [-0.4, -0.2) is 16.7 Å². The van der Waals surface area contributed by atoms with Gasteiger partial charge in [-0.15, -0.1) is 0 Å². The number of hydrogen-bond acceptors (Lipinski definition) is 4. The third kappa shape index (κ3) is 1.79. The van der Waals surface area contributed by atoms with Gasteiger partial charge >= 0.3 is 0 Å². The first-order valence-corrected chi connectivity index (χ1v) is 7.51. The quantitative estimate of drug-likeness (QED) is 0.930. The maximum Gasteiger partial charge on any atom is 0.243 e. The summed E-state index contributed by atoms with van der Waals surface area (Å²) in [5.74, 6) is 1.64. The zero-order valence-electron chi connectivity index (χ0n) is 11.5. The molecule has 0 amide bonds. The summed E-state index contributed by atoms with van der Waals surface area (Å²) in [6.07, 6.45) is 5.76. The first kappa shape index (κ1) is 12.1. The molecule has 1 aromatic heterocycles. The minimum atomic E-state index is -0.0123. The van der Waals surface area contributed by atoms with Crippen molar-refractivity contribution in [3.05, 3.63) is 47.6 Å². The molecule has 0 unspecified atom stereocenters. The molecule has 2 aromatic rings. The fraction of sp³-hybridized carbons (Fsp3) is 0.500. The first-order valence-electron chi connectivity index (χ1n) is 7.51. The summed E-state index contributed by atoms with van der Waals surface area (Å²) in [7, 11) is 0. The number of benzene rings is 1. The van der Waals surface area contributed by atoms with Crippen molar-refractivity contribution in [1.82, 2.24) is 15.5 Å². The molecule has 0 bridgehead atoms. The Morgan fingerprint density at radius 3 is 2.65 bits per heavy atom. The Hall–Kier alpha value is -1.68. The molecule has 1 N–H and O–H groups in total. The summed E-state index contributed by atoms with van der Waals surface area (Å²) in [6.45, 7) is 1.05. The normalized spacial score (nSPS) is 24.5. The summed E-state index contributed by atoms with van der Waals surface area (Å²) < 4.78 is 5.53. The SMILES string of the molecule is c1ccc(C2(c3noc([C@@H]4CCCN4)n3)CCC2)cc1. The van der Waals surface area contributed by atoms with Crippen molar-refractivity contribution < 1.29 is 4.52 Å². The van der Waals surface area contributed by atoms with Gasteiger partial charge in [-0.2, -0.15) is 4.98 Å². The molecule has 104 valence electrons. The van der Waals surface area contributed by atoms with Crippen molar-refractivity contribution in [3.63, 3.8) is 0 Å². The Balaban J connectivity index is 1.68. The highest BCUT2D eigenvalue weighted by Gasteiger charge is 2.44. The van der Waals surface area contributed by atoms with E-state index < -0.39 is 0 Å². The molecule has 1 aliphatic heterocycles. The van der Waals surface area contributed by atoms with Crippen LogP contribution in [0.15, 0.2) is 34.9 Å². The summed E-state index contributed by atoms with van der Waals surface area (Å²) in [6, 6.07) is 10.9. The van der Waals surface area contributed by atoms with E-state index in [2.05, 4.69) is 40.8 Å². The highest BCUT2D eigenvalue weighted by atomic mass is 16.5. The molecule has 4 rings (SSSR count). The van der Waals surface area contributed by atoms with Gasteiger partial charge in [0.15, 0.2) is 5.82 Å². The summed E-state index contributed by atoms with van der Waals surface area (Å²) in [5.41, 5.74) is 1.31. The molecular weight excluding hydrogens is 250 g/mol. The van der Waals surface area contributed by atoms with Gasteiger partial charge in [-0.25, -0.2) is 0 Å². The van der Waals surface area contributed by atoms with E-state index in [1.165, 1.54) is 18.4 Å². The Morgan fingerprint density at radius 1 is 1.15 bits per heavy atom. The van der Waals surface area contributed by atoms with Crippen LogP contribution in [-0.2, 0) is 5.41 Å². The molecule has 2 heterocycles. The lowest BCUT2D eigenvalue weighted by Gasteiger charge is -2.39. The van der Waals surface area contributed by atoms with E-state index in [-0.39, 0.29) is 11.5 Å². The van der Waals surface area contributed by atoms with Gasteiger partial charge in [0.25, 0.3) is 0 Å². The smallest absolute Gasteiger partial charge is 0.243 e. The molecule has 0 spiro atoms. The summed E-state index contributed by atoms with van der Waals surface area (Å²) >= 11 is 0. The van der Waals surface area contributed by atoms with Crippen molar-refractivity contribution in [1.29, 1.82) is 0 Å². The summed E-state index contributed by atoms with van der Waals surface area (Å²) in [4.78, 5) is 4.72. The van der Waals surface area contributed by atoms with E-state index in [9.17, 15) is 0 Å². The van der Waals surface area contributed by atoms with Gasteiger partial charge in [0.2, 0.25) is 5.89 Å². The van der Waals surface area contributed by atoms with E-state index in [1.54, 1.807) is 0 Å². The minimum absolute atomic E-state index is 0.0123. The number of hydrogen-bond donors (Lipinski definition) is 1. The maximum absolute atomic E-state index is 5.53. The third-order valence-corrected chi connectivity index (χ3v) is 4.76. The van der Waals surface area contributed by atoms with Gasteiger partial charge in [-0.1, -0.05) is 41.9 Å². The standard InChI is InChI=1S/C16H19N3O/c1-2-6-12(7-3-1)16(9-5-10-16)15-18-14(20-19-15)13-8-4-11-17-13/h1-3,6-7,13,17H,4-5,8-11H2/t13-/m0/s1. The molecule has 1 atom stereocenters. The van der Waals surface area contributed by atoms with Crippen LogP contribution in [0, 0.1) is 0 Å². The molecule has 1 aliphatic carbocycles. The molecule has 2 fully saturated rings. The molecule has 1 saturated carbocycles. The van der Waals surface area contributed by atoms with E-state index >= 15 is 0 Å². The first-order chi connectivity index (χ1) is 9.88. The second-order valence-electron chi connectivity index (χ2n) is 5.91. The molecule has 4 nitrogen and oxygen atoms in total. The second kappa shape index (κ2) is 4.70. The van der Waals surface area contributed by atoms with E-state index in [0.717, 1.165) is 37.5 Å². The molecule has 4 heteroatoms. The van der Waals surface area contributed by atoms with Gasteiger partial charge in [0, 0.05) is 0 Å². The van der Waals surface area contributed by atoms with Crippen molar-refractivity contribution in [2.24, 2.45) is 0 Å². The molecule has 1 aromatic carbocycles. The number of nitrogens with zero attached hydrogens (tertiary/aromatic N) is 2. The van der Waals surface area contributed by atoms with Crippen LogP contribution in [0.2, 0.25) is 0 Å². The van der Waals surface area contributed by atoms with Gasteiger partial charge in [0.05, 0.1) is 11.5 Å². The van der Waals surface area contributed by atoms with Crippen molar-refractivity contribution in [3.8, 4) is 0 Å². The highest BCUT2D eigenvalue weighted by Crippen LogP contribution is 2.47. The molecule has 20 heavy (non-hydrogen) atoms. The Bertz CT molecular complexity index is 583. The number of aromatic nitrogens is 2. The van der Waals surface area contributed by atoms with Crippen molar-refractivity contribution in [2.45, 2.75) is 43.6 Å². The molecular formula is C16H19N3O. The average molecular weight is 269 g/mol. The molecule has 1 saturated heterocycles. The Labute approximate surface area is 118 Å². The van der Waals surface area contributed by atoms with E-state index in [0.29, 0.717) is 0 Å². The zero-order chi connectivity index (χ0) is 13.4. The Morgan fingerprint density at radius 2 is 2.00 bits per heavy atom. The Kier molecular flexibility index (Phi) is 2.84. The van der Waals surface area contributed by atoms with Crippen LogP contribution < -0.4 is 5.32 Å². The highest BCUT2D eigenvalue weighted by molar-refractivity contribution is 5.35. The predicted molar refractivity (Wildman–Crippen MR) is 75.3 cm³/mol. The fourth-order valence-corrected chi connectivity index (χ4v) is 3.40. The van der Waals surface area contributed by atoms with E-state index in [1.807, 2.05) is 0 Å². The number of rotatable bonds is 3. The zero-order valence-corrected chi connectivity index (χ0v) is 11.5. The minimum Gasteiger partial charge on any atom is -0.338 e. The topological polar surface area (TPSA) is 51.0 Å². The van der Waals surface area contributed by atoms with Gasteiger partial charge < -0.3 is 9.84 Å². The van der Waals surface area contributed by atoms with Crippen molar-refractivity contribution in [2.75, 3.05) is 6.54 Å². The van der Waals surface area contributed by atoms with Gasteiger partial charge in [0.1, 0.15) is 0 Å². The lowest BCUT2D eigenvalue weighted by molar-refractivity contribution is 0.269. The predicted octanol–water partition coefficient (Wildman–Crippen LogP) is 2.96. The second-order valence-corrected chi connectivity index (χ2v) is 5.91. The average Bonchev–Trinajstić information content (AvgIpc) is 3.09. The van der Waals surface area contributed by atoms with Crippen molar-refractivity contribution >= 4 is 0 Å².